The largest absolute Gasteiger partial charge is 0.383 e. The molecule has 0 bridgehead atoms. The van der Waals surface area contributed by atoms with Gasteiger partial charge in [-0.15, -0.1) is 0 Å². The lowest BCUT2D eigenvalue weighted by molar-refractivity contribution is -0.113. The fraction of sp³-hybridized carbons (Fsp3) is 0.158. The van der Waals surface area contributed by atoms with Crippen LogP contribution in [0.2, 0.25) is 15.1 Å². The van der Waals surface area contributed by atoms with Crippen LogP contribution in [0.3, 0.4) is 0 Å². The summed E-state index contributed by atoms with van der Waals surface area (Å²) in [5.41, 5.74) is 8.65. The van der Waals surface area contributed by atoms with Gasteiger partial charge in [0, 0.05) is 16.8 Å². The Hall–Kier alpha value is -2.06. The van der Waals surface area contributed by atoms with Gasteiger partial charge in [0.2, 0.25) is 5.91 Å². The minimum absolute atomic E-state index is 0.0729. The Kier molecular flexibility index (Phi) is 7.18. The van der Waals surface area contributed by atoms with Crippen LogP contribution in [0.25, 0.3) is 11.1 Å². The zero-order valence-corrected chi connectivity index (χ0v) is 18.3. The number of aromatic nitrogens is 3. The Balaban J connectivity index is 1.73. The van der Waals surface area contributed by atoms with E-state index in [9.17, 15) is 4.79 Å². The Labute approximate surface area is 187 Å². The topological polar surface area (TPSA) is 93.8 Å². The van der Waals surface area contributed by atoms with Crippen LogP contribution in [0.5, 0.6) is 0 Å². The summed E-state index contributed by atoms with van der Waals surface area (Å²) >= 11 is 19.0. The highest BCUT2D eigenvalue weighted by Crippen LogP contribution is 2.31. The van der Waals surface area contributed by atoms with Crippen LogP contribution in [0.15, 0.2) is 41.7 Å². The number of amides is 1. The highest BCUT2D eigenvalue weighted by Gasteiger charge is 2.15. The molecular weight excluding hydrogens is 453 g/mol. The van der Waals surface area contributed by atoms with Crippen LogP contribution >= 0.6 is 46.6 Å². The number of nitrogens with one attached hydrogen (secondary N) is 1. The van der Waals surface area contributed by atoms with Crippen molar-refractivity contribution in [2.24, 2.45) is 0 Å². The third-order valence-electron chi connectivity index (χ3n) is 3.86. The molecule has 2 aromatic heterocycles. The number of benzene rings is 1. The molecule has 1 aromatic carbocycles. The van der Waals surface area contributed by atoms with Crippen LogP contribution < -0.4 is 11.1 Å². The van der Waals surface area contributed by atoms with Crippen LogP contribution in [0.4, 0.5) is 11.6 Å². The molecule has 0 radical (unpaired) electrons. The SMILES string of the molecule is CCc1nc(SCC(=O)Nc2ncc(Cl)cc2Cl)nc(N)c1-c1ccc(Cl)cc1. The minimum atomic E-state index is -0.297. The van der Waals surface area contributed by atoms with Crippen molar-refractivity contribution in [1.29, 1.82) is 0 Å². The van der Waals surface area contributed by atoms with Crippen molar-refractivity contribution in [3.8, 4) is 11.1 Å². The number of thioether (sulfide) groups is 1. The number of rotatable bonds is 6. The Morgan fingerprint density at radius 2 is 1.86 bits per heavy atom. The van der Waals surface area contributed by atoms with Crippen LogP contribution in [-0.2, 0) is 11.2 Å². The number of pyridine rings is 1. The van der Waals surface area contributed by atoms with E-state index in [1.54, 1.807) is 12.1 Å². The third kappa shape index (κ3) is 5.51. The highest BCUT2D eigenvalue weighted by molar-refractivity contribution is 7.99. The number of nitrogens with two attached hydrogens (primary N) is 1. The van der Waals surface area contributed by atoms with Crippen molar-refractivity contribution >= 4 is 64.1 Å². The predicted molar refractivity (Wildman–Crippen MR) is 120 cm³/mol. The van der Waals surface area contributed by atoms with Crippen molar-refractivity contribution < 1.29 is 4.79 Å². The fourth-order valence-electron chi connectivity index (χ4n) is 2.56. The summed E-state index contributed by atoms with van der Waals surface area (Å²) < 4.78 is 0. The number of halogens is 3. The van der Waals surface area contributed by atoms with Crippen LogP contribution in [0, 0.1) is 0 Å². The maximum Gasteiger partial charge on any atom is 0.236 e. The first-order chi connectivity index (χ1) is 13.9. The van der Waals surface area contributed by atoms with E-state index in [4.69, 9.17) is 40.5 Å². The Bertz CT molecular complexity index is 1050. The number of carbonyl (C=O) groups excluding carboxylic acids is 1. The Morgan fingerprint density at radius 3 is 2.52 bits per heavy atom. The van der Waals surface area contributed by atoms with Gasteiger partial charge in [0.25, 0.3) is 0 Å². The maximum atomic E-state index is 12.2. The molecule has 0 fully saturated rings. The quantitative estimate of drug-likeness (QED) is 0.373. The van der Waals surface area contributed by atoms with Gasteiger partial charge in [-0.25, -0.2) is 15.0 Å². The van der Waals surface area contributed by atoms with Gasteiger partial charge in [-0.2, -0.15) is 0 Å². The van der Waals surface area contributed by atoms with Crippen molar-refractivity contribution in [3.63, 3.8) is 0 Å². The summed E-state index contributed by atoms with van der Waals surface area (Å²) in [6.45, 7) is 1.98. The van der Waals surface area contributed by atoms with E-state index in [0.29, 0.717) is 27.4 Å². The number of hydrogen-bond donors (Lipinski definition) is 2. The van der Waals surface area contributed by atoms with Gasteiger partial charge >= 0.3 is 0 Å². The number of nitrogen functional groups attached to an aromatic ring is 1. The molecule has 6 nitrogen and oxygen atoms in total. The third-order valence-corrected chi connectivity index (χ3v) is 5.45. The first-order valence-electron chi connectivity index (χ1n) is 8.53. The molecule has 3 N–H and O–H groups in total. The molecule has 1 amide bonds. The normalized spacial score (nSPS) is 10.8. The second kappa shape index (κ2) is 9.63. The summed E-state index contributed by atoms with van der Waals surface area (Å²) in [5, 5.41) is 4.34. The first kappa shape index (κ1) is 21.6. The molecule has 0 saturated heterocycles. The molecule has 0 unspecified atom stereocenters. The molecule has 0 atom stereocenters. The second-order valence-corrected chi connectivity index (χ2v) is 8.12. The fourth-order valence-corrected chi connectivity index (χ4v) is 3.78. The molecule has 2 heterocycles. The number of anilines is 2. The molecule has 0 saturated carbocycles. The standard InChI is InChI=1S/C19H16Cl3N5OS/c1-2-14-16(10-3-5-11(20)6-4-10)17(23)27-19(25-14)29-9-15(28)26-18-13(22)7-12(21)8-24-18/h3-8H,2,9H2,1H3,(H2,23,25,27)(H,24,26,28). The van der Waals surface area contributed by atoms with Gasteiger partial charge in [-0.1, -0.05) is 65.6 Å². The summed E-state index contributed by atoms with van der Waals surface area (Å²) in [4.78, 5) is 25.1. The molecule has 0 aliphatic heterocycles. The van der Waals surface area contributed by atoms with Crippen molar-refractivity contribution in [2.75, 3.05) is 16.8 Å². The molecule has 0 aliphatic rings. The zero-order chi connectivity index (χ0) is 21.0. The smallest absolute Gasteiger partial charge is 0.236 e. The second-order valence-electron chi connectivity index (χ2n) is 5.89. The predicted octanol–water partition coefficient (Wildman–Crippen LogP) is 5.37. The van der Waals surface area contributed by atoms with Crippen LogP contribution in [-0.4, -0.2) is 26.6 Å². The lowest BCUT2D eigenvalue weighted by atomic mass is 10.0. The van der Waals surface area contributed by atoms with Gasteiger partial charge in [-0.05, 0) is 30.2 Å². The van der Waals surface area contributed by atoms with E-state index < -0.39 is 0 Å². The van der Waals surface area contributed by atoms with E-state index in [-0.39, 0.29) is 22.5 Å². The average Bonchev–Trinajstić information content (AvgIpc) is 2.69. The summed E-state index contributed by atoms with van der Waals surface area (Å²) in [7, 11) is 0. The Morgan fingerprint density at radius 1 is 1.14 bits per heavy atom. The van der Waals surface area contributed by atoms with Gasteiger partial charge in [-0.3, -0.25) is 4.79 Å². The lowest BCUT2D eigenvalue weighted by Gasteiger charge is -2.12. The number of aryl methyl sites for hydroxylation is 1. The number of hydrogen-bond acceptors (Lipinski definition) is 6. The average molecular weight is 469 g/mol. The van der Waals surface area contributed by atoms with E-state index in [2.05, 4.69) is 20.3 Å². The van der Waals surface area contributed by atoms with E-state index in [1.807, 2.05) is 19.1 Å². The lowest BCUT2D eigenvalue weighted by Crippen LogP contribution is -2.16. The molecule has 29 heavy (non-hydrogen) atoms. The monoisotopic (exact) mass is 467 g/mol. The summed E-state index contributed by atoms with van der Waals surface area (Å²) in [5.74, 6) is 0.372. The molecular formula is C19H16Cl3N5OS. The van der Waals surface area contributed by atoms with E-state index in [0.717, 1.165) is 16.8 Å². The van der Waals surface area contributed by atoms with Gasteiger partial charge in [0.05, 0.1) is 21.5 Å². The minimum Gasteiger partial charge on any atom is -0.383 e. The molecule has 3 aromatic rings. The van der Waals surface area contributed by atoms with Gasteiger partial charge < -0.3 is 11.1 Å². The molecule has 0 aliphatic carbocycles. The van der Waals surface area contributed by atoms with Gasteiger partial charge in [0.15, 0.2) is 11.0 Å². The van der Waals surface area contributed by atoms with E-state index >= 15 is 0 Å². The summed E-state index contributed by atoms with van der Waals surface area (Å²) in [6.07, 6.45) is 2.07. The van der Waals surface area contributed by atoms with Crippen molar-refractivity contribution in [1.82, 2.24) is 15.0 Å². The van der Waals surface area contributed by atoms with Gasteiger partial charge in [0.1, 0.15) is 5.82 Å². The zero-order valence-electron chi connectivity index (χ0n) is 15.2. The van der Waals surface area contributed by atoms with E-state index in [1.165, 1.54) is 24.0 Å². The number of carbonyl (C=O) groups is 1. The number of nitrogens with zero attached hydrogens (tertiary/aromatic N) is 3. The maximum absolute atomic E-state index is 12.2. The summed E-state index contributed by atoms with van der Waals surface area (Å²) in [6, 6.07) is 8.84. The first-order valence-corrected chi connectivity index (χ1v) is 10.6. The molecule has 0 spiro atoms. The molecule has 150 valence electrons. The molecule has 10 heteroatoms. The van der Waals surface area contributed by atoms with Crippen molar-refractivity contribution in [2.45, 2.75) is 18.5 Å². The van der Waals surface area contributed by atoms with Crippen molar-refractivity contribution in [3.05, 3.63) is 57.3 Å². The van der Waals surface area contributed by atoms with Crippen LogP contribution in [0.1, 0.15) is 12.6 Å². The molecule has 3 rings (SSSR count). The highest BCUT2D eigenvalue weighted by atomic mass is 35.5.